The second-order valence-corrected chi connectivity index (χ2v) is 4.69. The van der Waals surface area contributed by atoms with Crippen LogP contribution in [-0.2, 0) is 6.18 Å². The Morgan fingerprint density at radius 1 is 1.00 bits per heavy atom. The van der Waals surface area contributed by atoms with E-state index in [0.29, 0.717) is 5.56 Å². The molecule has 0 saturated heterocycles. The third-order valence-electron chi connectivity index (χ3n) is 3.06. The number of nitrogens with zero attached hydrogens (tertiary/aromatic N) is 1. The van der Waals surface area contributed by atoms with Gasteiger partial charge in [0, 0.05) is 5.69 Å². The molecule has 21 heavy (non-hydrogen) atoms. The Labute approximate surface area is 120 Å². The van der Waals surface area contributed by atoms with Crippen molar-refractivity contribution in [1.29, 1.82) is 5.26 Å². The van der Waals surface area contributed by atoms with Crippen molar-refractivity contribution in [1.82, 2.24) is 0 Å². The first-order valence-electron chi connectivity index (χ1n) is 6.30. The van der Waals surface area contributed by atoms with Crippen LogP contribution in [0.25, 0.3) is 0 Å². The van der Waals surface area contributed by atoms with Gasteiger partial charge < -0.3 is 5.32 Å². The number of rotatable bonds is 3. The Balaban J connectivity index is 2.18. The summed E-state index contributed by atoms with van der Waals surface area (Å²) in [5, 5.41) is 12.2. The number of halogens is 3. The minimum Gasteiger partial charge on any atom is -0.366 e. The Bertz CT molecular complexity index is 637. The summed E-state index contributed by atoms with van der Waals surface area (Å²) >= 11 is 0. The summed E-state index contributed by atoms with van der Waals surface area (Å²) in [7, 11) is 0. The van der Waals surface area contributed by atoms with Crippen molar-refractivity contribution in [3.63, 3.8) is 0 Å². The molecule has 2 rings (SSSR count). The summed E-state index contributed by atoms with van der Waals surface area (Å²) in [6.45, 7) is 1.95. The van der Waals surface area contributed by atoms with Crippen LogP contribution < -0.4 is 5.32 Å². The highest BCUT2D eigenvalue weighted by Crippen LogP contribution is 2.30. The number of nitriles is 1. The van der Waals surface area contributed by atoms with Gasteiger partial charge in [-0.15, -0.1) is 0 Å². The molecule has 1 N–H and O–H groups in total. The molecule has 0 radical (unpaired) electrons. The predicted octanol–water partition coefficient (Wildman–Crippen LogP) is 4.69. The maximum Gasteiger partial charge on any atom is 0.416 e. The number of hydrogen-bond donors (Lipinski definition) is 1. The molecule has 108 valence electrons. The van der Waals surface area contributed by atoms with E-state index < -0.39 is 17.8 Å². The third-order valence-corrected chi connectivity index (χ3v) is 3.06. The lowest BCUT2D eigenvalue weighted by Gasteiger charge is -2.14. The molecule has 0 aromatic heterocycles. The Hall–Kier alpha value is -2.48. The van der Waals surface area contributed by atoms with Crippen molar-refractivity contribution in [2.45, 2.75) is 19.1 Å². The summed E-state index contributed by atoms with van der Waals surface area (Å²) in [6, 6.07) is 13.4. The molecule has 5 heteroatoms. The second kappa shape index (κ2) is 5.88. The fraction of sp³-hybridized carbons (Fsp3) is 0.188. The van der Waals surface area contributed by atoms with Crippen LogP contribution in [0.1, 0.15) is 22.7 Å². The highest BCUT2D eigenvalue weighted by Gasteiger charge is 2.30. The van der Waals surface area contributed by atoms with Crippen molar-refractivity contribution < 1.29 is 13.2 Å². The Morgan fingerprint density at radius 3 is 2.05 bits per heavy atom. The molecular formula is C16H13F3N2. The summed E-state index contributed by atoms with van der Waals surface area (Å²) in [6.07, 6.45) is -4.37. The monoisotopic (exact) mass is 290 g/mol. The van der Waals surface area contributed by atoms with Crippen molar-refractivity contribution in [2.75, 3.05) is 5.32 Å². The molecule has 0 aliphatic heterocycles. The number of hydrogen-bond acceptors (Lipinski definition) is 2. The maximum absolute atomic E-state index is 12.5. The van der Waals surface area contributed by atoms with Gasteiger partial charge in [0.2, 0.25) is 0 Å². The van der Waals surface area contributed by atoms with Crippen LogP contribution in [0.2, 0.25) is 0 Å². The lowest BCUT2D eigenvalue weighted by atomic mass is 10.0. The van der Waals surface area contributed by atoms with Crippen LogP contribution in [0.15, 0.2) is 48.5 Å². The molecule has 0 saturated carbocycles. The molecule has 0 heterocycles. The van der Waals surface area contributed by atoms with Crippen molar-refractivity contribution in [3.05, 3.63) is 65.2 Å². The van der Waals surface area contributed by atoms with Crippen LogP contribution in [0.5, 0.6) is 0 Å². The van der Waals surface area contributed by atoms with Crippen LogP contribution in [0, 0.1) is 18.3 Å². The first kappa shape index (κ1) is 14.9. The number of nitrogens with one attached hydrogen (secondary N) is 1. The Kier molecular flexibility index (Phi) is 4.18. The van der Waals surface area contributed by atoms with E-state index in [2.05, 4.69) is 5.32 Å². The molecule has 0 fully saturated rings. The fourth-order valence-corrected chi connectivity index (χ4v) is 1.87. The summed E-state index contributed by atoms with van der Waals surface area (Å²) < 4.78 is 37.5. The van der Waals surface area contributed by atoms with Crippen LogP contribution >= 0.6 is 0 Å². The van der Waals surface area contributed by atoms with E-state index in [1.807, 2.05) is 37.3 Å². The zero-order chi connectivity index (χ0) is 15.5. The number of anilines is 1. The van der Waals surface area contributed by atoms with E-state index >= 15 is 0 Å². The van der Waals surface area contributed by atoms with Crippen molar-refractivity contribution in [3.8, 4) is 6.07 Å². The standard InChI is InChI=1S/C16H13F3N2/c1-11-2-8-14(9-3-11)21-15(10-20)12-4-6-13(7-5-12)16(17,18)19/h2-9,15,21H,1H3. The van der Waals surface area contributed by atoms with Gasteiger partial charge in [0.25, 0.3) is 0 Å². The predicted molar refractivity (Wildman–Crippen MR) is 74.6 cm³/mol. The van der Waals surface area contributed by atoms with E-state index in [9.17, 15) is 18.4 Å². The molecule has 0 aliphatic carbocycles. The minimum absolute atomic E-state index is 0.492. The quantitative estimate of drug-likeness (QED) is 0.890. The normalized spacial score (nSPS) is 12.5. The zero-order valence-corrected chi connectivity index (χ0v) is 11.3. The number of aryl methyl sites for hydroxylation is 1. The molecule has 0 amide bonds. The van der Waals surface area contributed by atoms with Gasteiger partial charge in [0.15, 0.2) is 0 Å². The lowest BCUT2D eigenvalue weighted by molar-refractivity contribution is -0.137. The maximum atomic E-state index is 12.5. The van der Waals surface area contributed by atoms with Crippen LogP contribution in [-0.4, -0.2) is 0 Å². The van der Waals surface area contributed by atoms with Gasteiger partial charge in [-0.1, -0.05) is 29.8 Å². The Morgan fingerprint density at radius 2 is 1.57 bits per heavy atom. The van der Waals surface area contributed by atoms with E-state index in [-0.39, 0.29) is 0 Å². The van der Waals surface area contributed by atoms with Crippen LogP contribution in [0.3, 0.4) is 0 Å². The van der Waals surface area contributed by atoms with Crippen molar-refractivity contribution in [2.24, 2.45) is 0 Å². The minimum atomic E-state index is -4.37. The SMILES string of the molecule is Cc1ccc(NC(C#N)c2ccc(C(F)(F)F)cc2)cc1. The summed E-state index contributed by atoms with van der Waals surface area (Å²) in [5.74, 6) is 0. The smallest absolute Gasteiger partial charge is 0.366 e. The molecule has 2 aromatic carbocycles. The van der Waals surface area contributed by atoms with Gasteiger partial charge in [-0.3, -0.25) is 0 Å². The van der Waals surface area contributed by atoms with E-state index in [0.717, 1.165) is 23.4 Å². The summed E-state index contributed by atoms with van der Waals surface area (Å²) in [5.41, 5.74) is 1.60. The average molecular weight is 290 g/mol. The van der Waals surface area contributed by atoms with E-state index in [1.54, 1.807) is 0 Å². The molecule has 1 unspecified atom stereocenters. The molecule has 1 atom stereocenters. The lowest BCUT2D eigenvalue weighted by Crippen LogP contribution is -2.10. The molecule has 0 spiro atoms. The molecule has 0 bridgehead atoms. The molecule has 2 nitrogen and oxygen atoms in total. The molecular weight excluding hydrogens is 277 g/mol. The zero-order valence-electron chi connectivity index (χ0n) is 11.3. The number of benzene rings is 2. The second-order valence-electron chi connectivity index (χ2n) is 4.69. The fourth-order valence-electron chi connectivity index (χ4n) is 1.87. The van der Waals surface area contributed by atoms with Gasteiger partial charge in [0.05, 0.1) is 11.6 Å². The average Bonchev–Trinajstić information content (AvgIpc) is 2.46. The molecule has 2 aromatic rings. The first-order valence-corrected chi connectivity index (χ1v) is 6.30. The van der Waals surface area contributed by atoms with E-state index in [4.69, 9.17) is 0 Å². The van der Waals surface area contributed by atoms with Gasteiger partial charge in [-0.25, -0.2) is 0 Å². The first-order chi connectivity index (χ1) is 9.90. The molecule has 0 aliphatic rings. The van der Waals surface area contributed by atoms with Gasteiger partial charge >= 0.3 is 6.18 Å². The van der Waals surface area contributed by atoms with Gasteiger partial charge in [-0.05, 0) is 36.8 Å². The number of alkyl halides is 3. The highest BCUT2D eigenvalue weighted by molar-refractivity contribution is 5.48. The van der Waals surface area contributed by atoms with Gasteiger partial charge in [-0.2, -0.15) is 18.4 Å². The topological polar surface area (TPSA) is 35.8 Å². The van der Waals surface area contributed by atoms with E-state index in [1.165, 1.54) is 12.1 Å². The largest absolute Gasteiger partial charge is 0.416 e. The van der Waals surface area contributed by atoms with Crippen LogP contribution in [0.4, 0.5) is 18.9 Å². The van der Waals surface area contributed by atoms with Gasteiger partial charge in [0.1, 0.15) is 6.04 Å². The highest BCUT2D eigenvalue weighted by atomic mass is 19.4. The third kappa shape index (κ3) is 3.76. The van der Waals surface area contributed by atoms with Crippen molar-refractivity contribution >= 4 is 5.69 Å². The summed E-state index contributed by atoms with van der Waals surface area (Å²) in [4.78, 5) is 0.